The first-order chi connectivity index (χ1) is 8.36. The Labute approximate surface area is 108 Å². The zero-order chi connectivity index (χ0) is 15.1. The van der Waals surface area contributed by atoms with Crippen LogP contribution in [0.4, 0.5) is 13.6 Å². The number of halogens is 2. The van der Waals surface area contributed by atoms with Crippen molar-refractivity contribution in [2.45, 2.75) is 50.9 Å². The average Bonchev–Trinajstić information content (AvgIpc) is 2.09. The molecule has 0 saturated heterocycles. The Hall–Kier alpha value is -1.44. The lowest BCUT2D eigenvalue weighted by molar-refractivity contribution is -0.204. The van der Waals surface area contributed by atoms with Gasteiger partial charge in [0.2, 0.25) is 11.6 Å². The topological polar surface area (TPSA) is 95.9 Å². The second kappa shape index (κ2) is 4.59. The van der Waals surface area contributed by atoms with E-state index in [1.807, 2.05) is 0 Å². The lowest BCUT2D eigenvalue weighted by Gasteiger charge is -2.43. The molecule has 1 aliphatic rings. The zero-order valence-corrected chi connectivity index (χ0v) is 10.9. The van der Waals surface area contributed by atoms with E-state index in [4.69, 9.17) is 9.84 Å². The molecule has 1 aliphatic carbocycles. The number of amides is 1. The summed E-state index contributed by atoms with van der Waals surface area (Å²) in [5, 5.41) is 20.5. The third-order valence-electron chi connectivity index (χ3n) is 2.70. The number of aliphatic hydroxyl groups is 1. The van der Waals surface area contributed by atoms with E-state index in [2.05, 4.69) is 0 Å². The predicted octanol–water partition coefficient (Wildman–Crippen LogP) is 1.33. The van der Waals surface area contributed by atoms with Crippen LogP contribution >= 0.6 is 0 Å². The van der Waals surface area contributed by atoms with Gasteiger partial charge in [0.25, 0.3) is 0 Å². The highest BCUT2D eigenvalue weighted by Crippen LogP contribution is 2.47. The second-order valence-corrected chi connectivity index (χ2v) is 5.66. The van der Waals surface area contributed by atoms with Crippen molar-refractivity contribution >= 4 is 12.1 Å². The summed E-state index contributed by atoms with van der Waals surface area (Å²) in [5.74, 6) is -6.06. The molecule has 1 amide bonds. The minimum Gasteiger partial charge on any atom is -0.478 e. The Bertz CT molecular complexity index is 385. The lowest BCUT2D eigenvalue weighted by Crippen LogP contribution is -2.64. The largest absolute Gasteiger partial charge is 0.478 e. The van der Waals surface area contributed by atoms with Gasteiger partial charge in [-0.3, -0.25) is 5.32 Å². The molecule has 0 heterocycles. The van der Waals surface area contributed by atoms with Crippen LogP contribution in [-0.4, -0.2) is 39.5 Å². The van der Waals surface area contributed by atoms with Crippen LogP contribution in [0.1, 0.15) is 33.6 Å². The first kappa shape index (κ1) is 15.6. The number of carboxylic acids is 1. The van der Waals surface area contributed by atoms with Gasteiger partial charge in [0.15, 0.2) is 0 Å². The van der Waals surface area contributed by atoms with E-state index in [9.17, 15) is 23.5 Å². The summed E-state index contributed by atoms with van der Waals surface area (Å²) in [6, 6.07) is 0. The number of alkyl halides is 2. The zero-order valence-electron chi connectivity index (χ0n) is 10.9. The first-order valence-electron chi connectivity index (χ1n) is 5.70. The third kappa shape index (κ3) is 3.76. The Morgan fingerprint density at radius 3 is 2.11 bits per heavy atom. The van der Waals surface area contributed by atoms with Crippen molar-refractivity contribution in [3.05, 3.63) is 0 Å². The standard InChI is InChI=1S/C11H17F2NO5/c1-9(2,3)19-8(17)14-11(18,7(15)16)6-4-10(12,13)5-6/h6,18H,4-5H2,1-3H3,(H,14,17)(H,15,16). The van der Waals surface area contributed by atoms with E-state index in [0.717, 1.165) is 0 Å². The number of carboxylic acid groups (broad SMARTS) is 1. The molecule has 0 aromatic carbocycles. The van der Waals surface area contributed by atoms with Crippen LogP contribution in [0.25, 0.3) is 0 Å². The molecule has 1 atom stereocenters. The smallest absolute Gasteiger partial charge is 0.410 e. The summed E-state index contributed by atoms with van der Waals surface area (Å²) in [5.41, 5.74) is -3.64. The number of aliphatic carboxylic acids is 1. The number of alkyl carbamates (subject to hydrolysis) is 1. The highest BCUT2D eigenvalue weighted by molar-refractivity contribution is 5.83. The fraction of sp³-hybridized carbons (Fsp3) is 0.818. The summed E-state index contributed by atoms with van der Waals surface area (Å²) in [6.45, 7) is 4.64. The number of hydrogen-bond acceptors (Lipinski definition) is 4. The molecule has 0 aliphatic heterocycles. The Kier molecular flexibility index (Phi) is 3.77. The number of carbonyl (C=O) groups is 2. The van der Waals surface area contributed by atoms with Crippen LogP contribution in [0, 0.1) is 5.92 Å². The van der Waals surface area contributed by atoms with Crippen LogP contribution < -0.4 is 5.32 Å². The van der Waals surface area contributed by atoms with Gasteiger partial charge in [-0.25, -0.2) is 18.4 Å². The van der Waals surface area contributed by atoms with Gasteiger partial charge in [-0.2, -0.15) is 0 Å². The molecular formula is C11H17F2NO5. The van der Waals surface area contributed by atoms with Crippen molar-refractivity contribution < 1.29 is 33.3 Å². The Balaban J connectivity index is 2.74. The quantitative estimate of drug-likeness (QED) is 0.678. The van der Waals surface area contributed by atoms with Gasteiger partial charge in [-0.05, 0) is 20.8 Å². The van der Waals surface area contributed by atoms with E-state index < -0.39 is 48.1 Å². The first-order valence-corrected chi connectivity index (χ1v) is 5.70. The summed E-state index contributed by atoms with van der Waals surface area (Å²) in [4.78, 5) is 22.4. The van der Waals surface area contributed by atoms with E-state index in [1.165, 1.54) is 0 Å². The Morgan fingerprint density at radius 2 is 1.79 bits per heavy atom. The van der Waals surface area contributed by atoms with Gasteiger partial charge < -0.3 is 14.9 Å². The minimum absolute atomic E-state index is 0.800. The van der Waals surface area contributed by atoms with Gasteiger partial charge in [0.1, 0.15) is 5.60 Å². The van der Waals surface area contributed by atoms with Crippen molar-refractivity contribution in [2.24, 2.45) is 5.92 Å². The molecule has 6 nitrogen and oxygen atoms in total. The van der Waals surface area contributed by atoms with Crippen molar-refractivity contribution in [2.75, 3.05) is 0 Å². The number of carbonyl (C=O) groups excluding carboxylic acids is 1. The molecule has 19 heavy (non-hydrogen) atoms. The van der Waals surface area contributed by atoms with Crippen molar-refractivity contribution in [1.82, 2.24) is 5.32 Å². The molecule has 0 radical (unpaired) electrons. The van der Waals surface area contributed by atoms with Gasteiger partial charge in [0, 0.05) is 18.8 Å². The van der Waals surface area contributed by atoms with E-state index in [0.29, 0.717) is 0 Å². The van der Waals surface area contributed by atoms with Crippen LogP contribution in [0.5, 0.6) is 0 Å². The van der Waals surface area contributed by atoms with E-state index in [1.54, 1.807) is 26.1 Å². The van der Waals surface area contributed by atoms with Crippen molar-refractivity contribution in [1.29, 1.82) is 0 Å². The van der Waals surface area contributed by atoms with Crippen molar-refractivity contribution in [3.8, 4) is 0 Å². The molecule has 1 fully saturated rings. The van der Waals surface area contributed by atoms with Crippen LogP contribution in [0.2, 0.25) is 0 Å². The SMILES string of the molecule is CC(C)(C)OC(=O)NC(O)(C(=O)O)C1CC(F)(F)C1. The normalized spacial score (nSPS) is 22.0. The molecule has 1 saturated carbocycles. The molecule has 1 rings (SSSR count). The fourth-order valence-electron chi connectivity index (χ4n) is 1.75. The van der Waals surface area contributed by atoms with Crippen LogP contribution in [-0.2, 0) is 9.53 Å². The average molecular weight is 281 g/mol. The highest BCUT2D eigenvalue weighted by Gasteiger charge is 2.59. The molecular weight excluding hydrogens is 264 g/mol. The fourth-order valence-corrected chi connectivity index (χ4v) is 1.75. The van der Waals surface area contributed by atoms with Gasteiger partial charge in [-0.1, -0.05) is 0 Å². The van der Waals surface area contributed by atoms with Gasteiger partial charge in [-0.15, -0.1) is 0 Å². The summed E-state index contributed by atoms with van der Waals surface area (Å²) in [6.07, 6.45) is -2.77. The molecule has 110 valence electrons. The lowest BCUT2D eigenvalue weighted by atomic mass is 9.74. The number of nitrogens with one attached hydrogen (secondary N) is 1. The maximum atomic E-state index is 12.7. The monoisotopic (exact) mass is 281 g/mol. The minimum atomic E-state index is -3.01. The number of ether oxygens (including phenoxy) is 1. The number of rotatable bonds is 3. The maximum Gasteiger partial charge on any atom is 0.410 e. The van der Waals surface area contributed by atoms with E-state index >= 15 is 0 Å². The predicted molar refractivity (Wildman–Crippen MR) is 59.6 cm³/mol. The molecule has 0 aromatic heterocycles. The molecule has 8 heteroatoms. The van der Waals surface area contributed by atoms with Gasteiger partial charge >= 0.3 is 12.1 Å². The van der Waals surface area contributed by atoms with Crippen LogP contribution in [0.15, 0.2) is 0 Å². The number of hydrogen-bond donors (Lipinski definition) is 3. The molecule has 3 N–H and O–H groups in total. The summed E-state index contributed by atoms with van der Waals surface area (Å²) < 4.78 is 30.3. The van der Waals surface area contributed by atoms with Crippen molar-refractivity contribution in [3.63, 3.8) is 0 Å². The molecule has 0 spiro atoms. The Morgan fingerprint density at radius 1 is 1.32 bits per heavy atom. The molecule has 1 unspecified atom stereocenters. The third-order valence-corrected chi connectivity index (χ3v) is 2.70. The maximum absolute atomic E-state index is 12.7. The van der Waals surface area contributed by atoms with E-state index in [-0.39, 0.29) is 0 Å². The van der Waals surface area contributed by atoms with Crippen LogP contribution in [0.3, 0.4) is 0 Å². The highest BCUT2D eigenvalue weighted by atomic mass is 19.3. The van der Waals surface area contributed by atoms with Gasteiger partial charge in [0.05, 0.1) is 0 Å². The summed E-state index contributed by atoms with van der Waals surface area (Å²) >= 11 is 0. The molecule has 0 aromatic rings. The second-order valence-electron chi connectivity index (χ2n) is 5.66. The molecule has 0 bridgehead atoms. The summed E-state index contributed by atoms with van der Waals surface area (Å²) in [7, 11) is 0.